The molecule has 96 valence electrons. The van der Waals surface area contributed by atoms with Crippen molar-refractivity contribution in [3.05, 3.63) is 0 Å². The summed E-state index contributed by atoms with van der Waals surface area (Å²) in [5.41, 5.74) is 0. The van der Waals surface area contributed by atoms with Crippen molar-refractivity contribution in [2.24, 2.45) is 0 Å². The first-order chi connectivity index (χ1) is 7.81. The summed E-state index contributed by atoms with van der Waals surface area (Å²) >= 11 is 0. The van der Waals surface area contributed by atoms with Gasteiger partial charge in [-0.05, 0) is 19.3 Å². The molecule has 0 saturated heterocycles. The molecule has 0 aliphatic rings. The van der Waals surface area contributed by atoms with Crippen LogP contribution in [-0.2, 0) is 14.3 Å². The summed E-state index contributed by atoms with van der Waals surface area (Å²) in [5, 5.41) is 5.84. The molecular weight excluding hydrogens is 208 g/mol. The van der Waals surface area contributed by atoms with E-state index in [1.807, 2.05) is 0 Å². The number of unbranched alkanes of at least 4 members (excludes halogenated alkanes) is 2. The van der Waals surface area contributed by atoms with Crippen molar-refractivity contribution in [1.82, 2.24) is 10.6 Å². The van der Waals surface area contributed by atoms with E-state index in [4.69, 9.17) is 9.47 Å². The molecule has 0 aliphatic carbocycles. The van der Waals surface area contributed by atoms with E-state index in [1.165, 1.54) is 0 Å². The van der Waals surface area contributed by atoms with Gasteiger partial charge in [0.05, 0.1) is 13.2 Å². The maximum absolute atomic E-state index is 11.3. The molecule has 0 fully saturated rings. The standard InChI is InChI=1S/C11H24N2O3/c1-15-8-5-3-4-6-13-11(14)10-12-7-9-16-2/h12H,3-10H2,1-2H3,(H,13,14). The Kier molecular flexibility index (Phi) is 11.9. The summed E-state index contributed by atoms with van der Waals surface area (Å²) in [6, 6.07) is 0. The second kappa shape index (κ2) is 12.4. The van der Waals surface area contributed by atoms with Crippen LogP contribution in [0.3, 0.4) is 0 Å². The smallest absolute Gasteiger partial charge is 0.233 e. The summed E-state index contributed by atoms with van der Waals surface area (Å²) in [6.07, 6.45) is 3.15. The number of nitrogens with one attached hydrogen (secondary N) is 2. The number of carbonyl (C=O) groups is 1. The molecular formula is C11H24N2O3. The Morgan fingerprint density at radius 2 is 1.75 bits per heavy atom. The third kappa shape index (κ3) is 11.4. The van der Waals surface area contributed by atoms with Gasteiger partial charge in [-0.1, -0.05) is 0 Å². The van der Waals surface area contributed by atoms with Gasteiger partial charge in [-0.2, -0.15) is 0 Å². The average molecular weight is 232 g/mol. The zero-order chi connectivity index (χ0) is 12.1. The lowest BCUT2D eigenvalue weighted by Crippen LogP contribution is -2.35. The highest BCUT2D eigenvalue weighted by Crippen LogP contribution is 1.93. The van der Waals surface area contributed by atoms with Gasteiger partial charge in [0.25, 0.3) is 0 Å². The first-order valence-electron chi connectivity index (χ1n) is 5.76. The van der Waals surface area contributed by atoms with E-state index in [2.05, 4.69) is 10.6 Å². The van der Waals surface area contributed by atoms with Crippen LogP contribution < -0.4 is 10.6 Å². The SMILES string of the molecule is COCCCCCNC(=O)CNCCOC. The van der Waals surface area contributed by atoms with Crippen LogP contribution in [0.2, 0.25) is 0 Å². The number of rotatable bonds is 11. The van der Waals surface area contributed by atoms with E-state index in [9.17, 15) is 4.79 Å². The molecule has 0 spiro atoms. The van der Waals surface area contributed by atoms with Crippen LogP contribution in [0.15, 0.2) is 0 Å². The molecule has 16 heavy (non-hydrogen) atoms. The van der Waals surface area contributed by atoms with Gasteiger partial charge in [-0.3, -0.25) is 4.79 Å². The lowest BCUT2D eigenvalue weighted by Gasteiger charge is -2.06. The number of methoxy groups -OCH3 is 2. The van der Waals surface area contributed by atoms with Gasteiger partial charge < -0.3 is 20.1 Å². The van der Waals surface area contributed by atoms with Gasteiger partial charge >= 0.3 is 0 Å². The number of hydrogen-bond acceptors (Lipinski definition) is 4. The van der Waals surface area contributed by atoms with Crippen molar-refractivity contribution in [2.75, 3.05) is 47.1 Å². The molecule has 0 saturated carbocycles. The van der Waals surface area contributed by atoms with Crippen molar-refractivity contribution in [3.63, 3.8) is 0 Å². The average Bonchev–Trinajstić information content (AvgIpc) is 2.29. The summed E-state index contributed by atoms with van der Waals surface area (Å²) in [4.78, 5) is 11.3. The second-order valence-electron chi connectivity index (χ2n) is 3.57. The van der Waals surface area contributed by atoms with Gasteiger partial charge in [0, 0.05) is 33.9 Å². The van der Waals surface area contributed by atoms with Gasteiger partial charge in [0.1, 0.15) is 0 Å². The van der Waals surface area contributed by atoms with Crippen LogP contribution in [0.25, 0.3) is 0 Å². The predicted molar refractivity (Wildman–Crippen MR) is 63.5 cm³/mol. The fraction of sp³-hybridized carbons (Fsp3) is 0.909. The van der Waals surface area contributed by atoms with E-state index in [0.29, 0.717) is 19.7 Å². The van der Waals surface area contributed by atoms with E-state index >= 15 is 0 Å². The summed E-state index contributed by atoms with van der Waals surface area (Å²) in [7, 11) is 3.34. The van der Waals surface area contributed by atoms with Crippen LogP contribution >= 0.6 is 0 Å². The lowest BCUT2D eigenvalue weighted by atomic mass is 10.2. The third-order valence-corrected chi connectivity index (χ3v) is 2.12. The molecule has 5 nitrogen and oxygen atoms in total. The van der Waals surface area contributed by atoms with Crippen molar-refractivity contribution in [1.29, 1.82) is 0 Å². The number of hydrogen-bond donors (Lipinski definition) is 2. The third-order valence-electron chi connectivity index (χ3n) is 2.12. The van der Waals surface area contributed by atoms with Gasteiger partial charge in [-0.15, -0.1) is 0 Å². The lowest BCUT2D eigenvalue weighted by molar-refractivity contribution is -0.120. The molecule has 0 aromatic carbocycles. The second-order valence-corrected chi connectivity index (χ2v) is 3.57. The van der Waals surface area contributed by atoms with Crippen LogP contribution in [0.4, 0.5) is 0 Å². The van der Waals surface area contributed by atoms with Gasteiger partial charge in [-0.25, -0.2) is 0 Å². The fourth-order valence-corrected chi connectivity index (χ4v) is 1.21. The molecule has 0 aliphatic heterocycles. The molecule has 0 atom stereocenters. The summed E-state index contributed by atoms with van der Waals surface area (Å²) in [5.74, 6) is 0.0443. The van der Waals surface area contributed by atoms with Gasteiger partial charge in [0.15, 0.2) is 0 Å². The molecule has 5 heteroatoms. The van der Waals surface area contributed by atoms with Gasteiger partial charge in [0.2, 0.25) is 5.91 Å². The first-order valence-corrected chi connectivity index (χ1v) is 5.76. The fourth-order valence-electron chi connectivity index (χ4n) is 1.21. The van der Waals surface area contributed by atoms with Crippen molar-refractivity contribution >= 4 is 5.91 Å². The van der Waals surface area contributed by atoms with Crippen molar-refractivity contribution in [3.8, 4) is 0 Å². The maximum atomic E-state index is 11.3. The minimum Gasteiger partial charge on any atom is -0.385 e. The highest BCUT2D eigenvalue weighted by atomic mass is 16.5. The molecule has 0 aromatic rings. The zero-order valence-corrected chi connectivity index (χ0v) is 10.4. The largest absolute Gasteiger partial charge is 0.385 e. The van der Waals surface area contributed by atoms with E-state index in [0.717, 1.165) is 32.4 Å². The Labute approximate surface area is 97.9 Å². The summed E-state index contributed by atoms with van der Waals surface area (Å²) in [6.45, 7) is 3.24. The number of carbonyl (C=O) groups excluding carboxylic acids is 1. The number of amides is 1. The van der Waals surface area contributed by atoms with Crippen LogP contribution in [-0.4, -0.2) is 53.0 Å². The topological polar surface area (TPSA) is 59.6 Å². The Bertz CT molecular complexity index is 165. The van der Waals surface area contributed by atoms with Crippen molar-refractivity contribution < 1.29 is 14.3 Å². The quantitative estimate of drug-likeness (QED) is 0.498. The zero-order valence-electron chi connectivity index (χ0n) is 10.4. The molecule has 0 unspecified atom stereocenters. The van der Waals surface area contributed by atoms with Crippen LogP contribution in [0.5, 0.6) is 0 Å². The minimum absolute atomic E-state index is 0.0443. The molecule has 0 rings (SSSR count). The maximum Gasteiger partial charge on any atom is 0.233 e. The first kappa shape index (κ1) is 15.3. The Hall–Kier alpha value is -0.650. The minimum atomic E-state index is 0.0443. The number of ether oxygens (including phenoxy) is 2. The monoisotopic (exact) mass is 232 g/mol. The molecule has 0 bridgehead atoms. The van der Waals surface area contributed by atoms with E-state index in [1.54, 1.807) is 14.2 Å². The Morgan fingerprint density at radius 1 is 1.00 bits per heavy atom. The molecule has 0 heterocycles. The highest BCUT2D eigenvalue weighted by Gasteiger charge is 1.98. The van der Waals surface area contributed by atoms with Crippen molar-refractivity contribution in [2.45, 2.75) is 19.3 Å². The van der Waals surface area contributed by atoms with Crippen LogP contribution in [0.1, 0.15) is 19.3 Å². The molecule has 0 aromatic heterocycles. The predicted octanol–water partition coefficient (Wildman–Crippen LogP) is 0.155. The Balaban J connectivity index is 3.11. The summed E-state index contributed by atoms with van der Waals surface area (Å²) < 4.78 is 9.79. The van der Waals surface area contributed by atoms with E-state index < -0.39 is 0 Å². The van der Waals surface area contributed by atoms with Crippen LogP contribution in [0, 0.1) is 0 Å². The molecule has 2 N–H and O–H groups in total. The molecule has 1 amide bonds. The Morgan fingerprint density at radius 3 is 2.44 bits per heavy atom. The van der Waals surface area contributed by atoms with E-state index in [-0.39, 0.29) is 5.91 Å². The normalized spacial score (nSPS) is 10.4. The highest BCUT2D eigenvalue weighted by molar-refractivity contribution is 5.77. The molecule has 0 radical (unpaired) electrons.